The highest BCUT2D eigenvalue weighted by Gasteiger charge is 2.16. The molecule has 0 aliphatic heterocycles. The molecule has 0 saturated heterocycles. The molecule has 0 aliphatic rings. The number of H-pyrrole nitrogens is 1. The SMILES string of the molecule is CCCCCC(=O)[C@H](Cc1c[nH]cn1)NC. The van der Waals surface area contributed by atoms with Crippen LogP contribution in [0.5, 0.6) is 0 Å². The van der Waals surface area contributed by atoms with Gasteiger partial charge in [0.2, 0.25) is 0 Å². The molecule has 4 heteroatoms. The van der Waals surface area contributed by atoms with Crippen LogP contribution in [0.2, 0.25) is 0 Å². The third-order valence-corrected chi connectivity index (χ3v) is 2.73. The molecule has 16 heavy (non-hydrogen) atoms. The van der Waals surface area contributed by atoms with Crippen LogP contribution in [0.3, 0.4) is 0 Å². The standard InChI is InChI=1S/C12H21N3O/c1-3-4-5-6-12(16)11(13-2)7-10-8-14-9-15-10/h8-9,11,13H,3-7H2,1-2H3,(H,14,15)/t11-/m0/s1. The largest absolute Gasteiger partial charge is 0.351 e. The van der Waals surface area contributed by atoms with Crippen LogP contribution in [0.15, 0.2) is 12.5 Å². The monoisotopic (exact) mass is 223 g/mol. The fraction of sp³-hybridized carbons (Fsp3) is 0.667. The van der Waals surface area contributed by atoms with Crippen LogP contribution in [-0.4, -0.2) is 28.8 Å². The summed E-state index contributed by atoms with van der Waals surface area (Å²) in [6.45, 7) is 2.14. The lowest BCUT2D eigenvalue weighted by atomic mass is 10.0. The number of aromatic amines is 1. The zero-order chi connectivity index (χ0) is 11.8. The van der Waals surface area contributed by atoms with Crippen molar-refractivity contribution in [3.8, 4) is 0 Å². The highest BCUT2D eigenvalue weighted by atomic mass is 16.1. The molecule has 0 radical (unpaired) electrons. The minimum atomic E-state index is -0.0971. The number of nitrogens with one attached hydrogen (secondary N) is 2. The number of carbonyl (C=O) groups is 1. The number of carbonyl (C=O) groups excluding carboxylic acids is 1. The smallest absolute Gasteiger partial charge is 0.150 e. The number of aromatic nitrogens is 2. The van der Waals surface area contributed by atoms with E-state index in [0.717, 1.165) is 25.0 Å². The lowest BCUT2D eigenvalue weighted by Crippen LogP contribution is -2.36. The number of ketones is 1. The van der Waals surface area contributed by atoms with Crippen LogP contribution in [-0.2, 0) is 11.2 Å². The van der Waals surface area contributed by atoms with E-state index in [0.29, 0.717) is 18.6 Å². The molecule has 0 aliphatic carbocycles. The molecule has 1 heterocycles. The predicted octanol–water partition coefficient (Wildman–Crippen LogP) is 1.69. The summed E-state index contributed by atoms with van der Waals surface area (Å²) in [5.41, 5.74) is 0.934. The normalized spacial score (nSPS) is 12.6. The molecular weight excluding hydrogens is 202 g/mol. The second kappa shape index (κ2) is 7.17. The lowest BCUT2D eigenvalue weighted by molar-refractivity contribution is -0.121. The van der Waals surface area contributed by atoms with E-state index in [2.05, 4.69) is 22.2 Å². The molecular formula is C12H21N3O. The first-order valence-corrected chi connectivity index (χ1v) is 5.95. The Morgan fingerprint density at radius 2 is 2.38 bits per heavy atom. The van der Waals surface area contributed by atoms with Gasteiger partial charge in [-0.2, -0.15) is 0 Å². The van der Waals surface area contributed by atoms with Crippen LogP contribution in [0.1, 0.15) is 38.3 Å². The van der Waals surface area contributed by atoms with Crippen molar-refractivity contribution in [3.63, 3.8) is 0 Å². The molecule has 0 unspecified atom stereocenters. The number of nitrogens with zero attached hydrogens (tertiary/aromatic N) is 1. The van der Waals surface area contributed by atoms with Gasteiger partial charge >= 0.3 is 0 Å². The third kappa shape index (κ3) is 4.14. The molecule has 0 aromatic carbocycles. The maximum absolute atomic E-state index is 11.9. The topological polar surface area (TPSA) is 57.8 Å². The van der Waals surface area contributed by atoms with Gasteiger partial charge in [0.1, 0.15) is 5.78 Å². The van der Waals surface area contributed by atoms with E-state index in [1.54, 1.807) is 6.33 Å². The molecule has 2 N–H and O–H groups in total. The van der Waals surface area contributed by atoms with E-state index >= 15 is 0 Å². The van der Waals surface area contributed by atoms with Gasteiger partial charge in [0, 0.05) is 19.0 Å². The average molecular weight is 223 g/mol. The predicted molar refractivity (Wildman–Crippen MR) is 64.3 cm³/mol. The van der Waals surface area contributed by atoms with Gasteiger partial charge in [0.25, 0.3) is 0 Å². The van der Waals surface area contributed by atoms with Gasteiger partial charge in [0.15, 0.2) is 0 Å². The molecule has 4 nitrogen and oxygen atoms in total. The molecule has 0 amide bonds. The molecule has 0 spiro atoms. The first kappa shape index (κ1) is 12.9. The van der Waals surface area contributed by atoms with Crippen molar-refractivity contribution < 1.29 is 4.79 Å². The van der Waals surface area contributed by atoms with Gasteiger partial charge < -0.3 is 10.3 Å². The maximum Gasteiger partial charge on any atom is 0.150 e. The zero-order valence-corrected chi connectivity index (χ0v) is 10.1. The number of unbranched alkanes of at least 4 members (excludes halogenated alkanes) is 2. The second-order valence-corrected chi connectivity index (χ2v) is 4.03. The second-order valence-electron chi connectivity index (χ2n) is 4.03. The maximum atomic E-state index is 11.9. The summed E-state index contributed by atoms with van der Waals surface area (Å²) in [6.07, 6.45) is 8.09. The number of hydrogen-bond acceptors (Lipinski definition) is 3. The Labute approximate surface area is 96.9 Å². The van der Waals surface area contributed by atoms with Gasteiger partial charge in [-0.25, -0.2) is 4.98 Å². The first-order chi connectivity index (χ1) is 7.77. The molecule has 1 aromatic rings. The van der Waals surface area contributed by atoms with E-state index < -0.39 is 0 Å². The molecule has 0 fully saturated rings. The summed E-state index contributed by atoms with van der Waals surface area (Å²) in [4.78, 5) is 18.9. The van der Waals surface area contributed by atoms with E-state index in [1.165, 1.54) is 0 Å². The summed E-state index contributed by atoms with van der Waals surface area (Å²) >= 11 is 0. The van der Waals surface area contributed by atoms with Crippen LogP contribution >= 0.6 is 0 Å². The number of imidazole rings is 1. The Bertz CT molecular complexity index is 295. The molecule has 0 bridgehead atoms. The van der Waals surface area contributed by atoms with Gasteiger partial charge in [-0.1, -0.05) is 19.8 Å². The molecule has 1 aromatic heterocycles. The quantitative estimate of drug-likeness (QED) is 0.659. The van der Waals surface area contributed by atoms with Gasteiger partial charge in [-0.05, 0) is 13.5 Å². The third-order valence-electron chi connectivity index (χ3n) is 2.73. The Hall–Kier alpha value is -1.16. The number of likely N-dealkylation sites (N-methyl/N-ethyl adjacent to an activating group) is 1. The fourth-order valence-corrected chi connectivity index (χ4v) is 1.71. The summed E-state index contributed by atoms with van der Waals surface area (Å²) in [5, 5.41) is 3.06. The first-order valence-electron chi connectivity index (χ1n) is 5.95. The van der Waals surface area contributed by atoms with E-state index in [9.17, 15) is 4.79 Å². The molecule has 1 rings (SSSR count). The van der Waals surface area contributed by atoms with Crippen molar-refractivity contribution >= 4 is 5.78 Å². The van der Waals surface area contributed by atoms with E-state index in [-0.39, 0.29) is 6.04 Å². The minimum Gasteiger partial charge on any atom is -0.351 e. The van der Waals surface area contributed by atoms with E-state index in [1.807, 2.05) is 13.2 Å². The van der Waals surface area contributed by atoms with E-state index in [4.69, 9.17) is 0 Å². The summed E-state index contributed by atoms with van der Waals surface area (Å²) in [6, 6.07) is -0.0971. The minimum absolute atomic E-state index is 0.0971. The summed E-state index contributed by atoms with van der Waals surface area (Å²) in [7, 11) is 1.83. The van der Waals surface area contributed by atoms with Crippen molar-refractivity contribution in [3.05, 3.63) is 18.2 Å². The van der Waals surface area contributed by atoms with Gasteiger partial charge in [-0.15, -0.1) is 0 Å². The van der Waals surface area contributed by atoms with Gasteiger partial charge in [-0.3, -0.25) is 4.79 Å². The molecule has 0 saturated carbocycles. The Morgan fingerprint density at radius 1 is 1.56 bits per heavy atom. The summed E-state index contributed by atoms with van der Waals surface area (Å²) in [5.74, 6) is 0.291. The Balaban J connectivity index is 2.38. The van der Waals surface area contributed by atoms with Crippen LogP contribution < -0.4 is 5.32 Å². The highest BCUT2D eigenvalue weighted by Crippen LogP contribution is 2.06. The fourth-order valence-electron chi connectivity index (χ4n) is 1.71. The number of rotatable bonds is 8. The highest BCUT2D eigenvalue weighted by molar-refractivity contribution is 5.84. The number of hydrogen-bond donors (Lipinski definition) is 2. The van der Waals surface area contributed by atoms with Crippen molar-refractivity contribution in [2.45, 2.75) is 45.1 Å². The van der Waals surface area contributed by atoms with Crippen LogP contribution in [0.4, 0.5) is 0 Å². The van der Waals surface area contributed by atoms with Gasteiger partial charge in [0.05, 0.1) is 18.1 Å². The van der Waals surface area contributed by atoms with Crippen LogP contribution in [0.25, 0.3) is 0 Å². The van der Waals surface area contributed by atoms with Crippen molar-refractivity contribution in [1.82, 2.24) is 15.3 Å². The lowest BCUT2D eigenvalue weighted by Gasteiger charge is -2.13. The Morgan fingerprint density at radius 3 is 2.94 bits per heavy atom. The van der Waals surface area contributed by atoms with Crippen molar-refractivity contribution in [2.24, 2.45) is 0 Å². The zero-order valence-electron chi connectivity index (χ0n) is 10.1. The Kier molecular flexibility index (Phi) is 5.78. The van der Waals surface area contributed by atoms with Crippen molar-refractivity contribution in [2.75, 3.05) is 7.05 Å². The number of Topliss-reactive ketones (excluding diaryl/α,β-unsaturated/α-hetero) is 1. The van der Waals surface area contributed by atoms with Crippen LogP contribution in [0, 0.1) is 0 Å². The average Bonchev–Trinajstić information content (AvgIpc) is 2.78. The summed E-state index contributed by atoms with van der Waals surface area (Å²) < 4.78 is 0. The molecule has 1 atom stereocenters. The molecule has 90 valence electrons. The van der Waals surface area contributed by atoms with Crippen molar-refractivity contribution in [1.29, 1.82) is 0 Å².